The number of amides is 3. The molecule has 0 bridgehead atoms. The van der Waals surface area contributed by atoms with Gasteiger partial charge in [-0.3, -0.25) is 14.4 Å². The van der Waals surface area contributed by atoms with E-state index < -0.39 is 0 Å². The van der Waals surface area contributed by atoms with Crippen LogP contribution in [0.5, 0.6) is 0 Å². The van der Waals surface area contributed by atoms with E-state index >= 15 is 0 Å². The van der Waals surface area contributed by atoms with Gasteiger partial charge in [-0.2, -0.15) is 0 Å². The Balaban J connectivity index is 1.43. The van der Waals surface area contributed by atoms with Gasteiger partial charge in [-0.25, -0.2) is 0 Å². The molecule has 3 amide bonds. The van der Waals surface area contributed by atoms with Gasteiger partial charge in [0.1, 0.15) is 0 Å². The highest BCUT2D eigenvalue weighted by Crippen LogP contribution is 2.28. The number of aliphatic hydroxyl groups excluding tert-OH is 1. The minimum atomic E-state index is -0.261. The van der Waals surface area contributed by atoms with Crippen molar-refractivity contribution >= 4 is 50.7 Å². The number of likely N-dealkylation sites (tertiary alicyclic amines) is 1. The number of carbonyl (C=O) groups excluding carboxylic acids is 3. The normalized spacial score (nSPS) is 20.6. The van der Waals surface area contributed by atoms with Gasteiger partial charge in [0, 0.05) is 43.4 Å². The second-order valence-electron chi connectivity index (χ2n) is 9.00. The molecule has 0 spiro atoms. The van der Waals surface area contributed by atoms with Crippen LogP contribution in [-0.4, -0.2) is 59.5 Å². The van der Waals surface area contributed by atoms with E-state index in [1.165, 1.54) is 11.3 Å². The highest BCUT2D eigenvalue weighted by atomic mass is 79.9. The molecule has 34 heavy (non-hydrogen) atoms. The van der Waals surface area contributed by atoms with Crippen molar-refractivity contribution in [2.45, 2.75) is 57.5 Å². The van der Waals surface area contributed by atoms with Gasteiger partial charge in [0.05, 0.1) is 14.7 Å². The van der Waals surface area contributed by atoms with Crippen molar-refractivity contribution in [1.82, 2.24) is 10.2 Å². The molecule has 3 heterocycles. The number of halogens is 1. The van der Waals surface area contributed by atoms with E-state index in [1.54, 1.807) is 11.0 Å². The average Bonchev–Trinajstić information content (AvgIpc) is 3.42. The van der Waals surface area contributed by atoms with Crippen LogP contribution in [0.4, 0.5) is 5.69 Å². The number of aliphatic hydroxyl groups is 1. The van der Waals surface area contributed by atoms with Crippen molar-refractivity contribution in [3.8, 4) is 0 Å². The number of thiophene rings is 1. The maximum Gasteiger partial charge on any atom is 0.261 e. The van der Waals surface area contributed by atoms with Crippen LogP contribution < -0.4 is 10.2 Å². The molecule has 2 aliphatic heterocycles. The number of piperidine rings is 1. The third kappa shape index (κ3) is 5.53. The smallest absolute Gasteiger partial charge is 0.261 e. The lowest BCUT2D eigenvalue weighted by Gasteiger charge is -2.36. The first kappa shape index (κ1) is 24.9. The Labute approximate surface area is 212 Å². The van der Waals surface area contributed by atoms with Crippen LogP contribution in [0.3, 0.4) is 0 Å². The molecule has 2 saturated heterocycles. The molecule has 7 nitrogen and oxygen atoms in total. The molecular weight excluding hydrogens is 518 g/mol. The van der Waals surface area contributed by atoms with Crippen molar-refractivity contribution in [2.75, 3.05) is 24.6 Å². The highest BCUT2D eigenvalue weighted by Gasteiger charge is 2.33. The summed E-state index contributed by atoms with van der Waals surface area (Å²) in [4.78, 5) is 42.7. The van der Waals surface area contributed by atoms with E-state index in [9.17, 15) is 19.5 Å². The first-order valence-electron chi connectivity index (χ1n) is 11.8. The number of rotatable bonds is 7. The van der Waals surface area contributed by atoms with E-state index in [0.717, 1.165) is 47.3 Å². The van der Waals surface area contributed by atoms with Crippen LogP contribution >= 0.6 is 27.3 Å². The summed E-state index contributed by atoms with van der Waals surface area (Å²) in [6.45, 7) is 3.18. The quantitative estimate of drug-likeness (QED) is 0.545. The van der Waals surface area contributed by atoms with Crippen LogP contribution in [0.15, 0.2) is 34.1 Å². The number of hydrogen-bond donors (Lipinski definition) is 2. The van der Waals surface area contributed by atoms with Gasteiger partial charge in [0.25, 0.3) is 11.8 Å². The summed E-state index contributed by atoms with van der Waals surface area (Å²) in [6.07, 6.45) is 4.84. The standard InChI is InChI=1S/C25H30BrN3O4S/c1-16-13-19(7-8-20(16)25(33)28-11-3-2-5-18(28)6-4-12-30)29-15-17(14-23(29)31)27-24(32)21-9-10-22(26)34-21/h7-10,13,17-18,30H,2-6,11-12,14-15H2,1H3,(H,27,32). The number of nitrogens with zero attached hydrogens (tertiary/aromatic N) is 2. The molecule has 4 rings (SSSR count). The topological polar surface area (TPSA) is 90.0 Å². The van der Waals surface area contributed by atoms with E-state index in [4.69, 9.17) is 0 Å². The number of anilines is 1. The third-order valence-corrected chi connectivity index (χ3v) is 8.22. The summed E-state index contributed by atoms with van der Waals surface area (Å²) >= 11 is 4.72. The first-order valence-corrected chi connectivity index (χ1v) is 13.4. The van der Waals surface area contributed by atoms with Crippen LogP contribution in [0.25, 0.3) is 0 Å². The van der Waals surface area contributed by atoms with E-state index in [-0.39, 0.29) is 42.8 Å². The molecule has 2 fully saturated rings. The summed E-state index contributed by atoms with van der Waals surface area (Å²) in [7, 11) is 0. The van der Waals surface area contributed by atoms with Crippen molar-refractivity contribution in [2.24, 2.45) is 0 Å². The predicted octanol–water partition coefficient (Wildman–Crippen LogP) is 4.12. The van der Waals surface area contributed by atoms with Crippen molar-refractivity contribution in [3.05, 3.63) is 50.1 Å². The second kappa shape index (κ2) is 11.0. The van der Waals surface area contributed by atoms with Crippen LogP contribution in [0, 0.1) is 6.92 Å². The number of carbonyl (C=O) groups is 3. The van der Waals surface area contributed by atoms with E-state index in [1.807, 2.05) is 36.1 Å². The molecule has 2 N–H and O–H groups in total. The molecule has 182 valence electrons. The Morgan fingerprint density at radius 3 is 2.76 bits per heavy atom. The van der Waals surface area contributed by atoms with Crippen molar-refractivity contribution in [1.29, 1.82) is 0 Å². The molecule has 1 aromatic heterocycles. The average molecular weight is 549 g/mol. The van der Waals surface area contributed by atoms with E-state index in [0.29, 0.717) is 23.4 Å². The van der Waals surface area contributed by atoms with Crippen molar-refractivity contribution < 1.29 is 19.5 Å². The molecule has 0 saturated carbocycles. The maximum atomic E-state index is 13.3. The Kier molecular flexibility index (Phi) is 8.06. The molecule has 2 atom stereocenters. The molecule has 2 aromatic rings. The highest BCUT2D eigenvalue weighted by molar-refractivity contribution is 9.11. The summed E-state index contributed by atoms with van der Waals surface area (Å²) in [6, 6.07) is 9.02. The molecule has 2 aliphatic rings. The fourth-order valence-electron chi connectivity index (χ4n) is 4.85. The predicted molar refractivity (Wildman–Crippen MR) is 136 cm³/mol. The maximum absolute atomic E-state index is 13.3. The lowest BCUT2D eigenvalue weighted by atomic mass is 9.96. The van der Waals surface area contributed by atoms with Gasteiger partial charge in [-0.1, -0.05) is 0 Å². The first-order chi connectivity index (χ1) is 16.4. The van der Waals surface area contributed by atoms with Gasteiger partial charge in [0.2, 0.25) is 5.91 Å². The lowest BCUT2D eigenvalue weighted by Crippen LogP contribution is -2.44. The second-order valence-corrected chi connectivity index (χ2v) is 11.5. The Bertz CT molecular complexity index is 1070. The monoisotopic (exact) mass is 547 g/mol. The van der Waals surface area contributed by atoms with Crippen LogP contribution in [0.1, 0.15) is 64.1 Å². The minimum absolute atomic E-state index is 0.0201. The molecule has 2 unspecified atom stereocenters. The summed E-state index contributed by atoms with van der Waals surface area (Å²) in [5.41, 5.74) is 2.22. The van der Waals surface area contributed by atoms with E-state index in [2.05, 4.69) is 21.2 Å². The molecule has 0 aliphatic carbocycles. The molecular formula is C25H30BrN3O4S. The van der Waals surface area contributed by atoms with Gasteiger partial charge >= 0.3 is 0 Å². The van der Waals surface area contributed by atoms with Gasteiger partial charge in [-0.15, -0.1) is 11.3 Å². The largest absolute Gasteiger partial charge is 0.396 e. The lowest BCUT2D eigenvalue weighted by molar-refractivity contribution is -0.117. The molecule has 0 radical (unpaired) electrons. The fourth-order valence-corrected chi connectivity index (χ4v) is 6.14. The molecule has 1 aromatic carbocycles. The van der Waals surface area contributed by atoms with Crippen molar-refractivity contribution in [3.63, 3.8) is 0 Å². The van der Waals surface area contributed by atoms with Gasteiger partial charge in [-0.05, 0) is 90.9 Å². The Hall–Kier alpha value is -2.23. The zero-order valence-electron chi connectivity index (χ0n) is 19.3. The third-order valence-electron chi connectivity index (χ3n) is 6.59. The van der Waals surface area contributed by atoms with Crippen LogP contribution in [0.2, 0.25) is 0 Å². The Morgan fingerprint density at radius 2 is 2.06 bits per heavy atom. The SMILES string of the molecule is Cc1cc(N2CC(NC(=O)c3ccc(Br)s3)CC2=O)ccc1C(=O)N1CCCCC1CCCO. The Morgan fingerprint density at radius 1 is 1.24 bits per heavy atom. The van der Waals surface area contributed by atoms with Crippen LogP contribution in [-0.2, 0) is 4.79 Å². The number of nitrogens with one attached hydrogen (secondary N) is 1. The zero-order valence-corrected chi connectivity index (χ0v) is 21.7. The van der Waals surface area contributed by atoms with Gasteiger partial charge in [0.15, 0.2) is 0 Å². The number of aryl methyl sites for hydroxylation is 1. The minimum Gasteiger partial charge on any atom is -0.396 e. The summed E-state index contributed by atoms with van der Waals surface area (Å²) in [5, 5.41) is 12.2. The molecule has 9 heteroatoms. The number of hydrogen-bond acceptors (Lipinski definition) is 5. The van der Waals surface area contributed by atoms with Gasteiger partial charge < -0.3 is 20.2 Å². The summed E-state index contributed by atoms with van der Waals surface area (Å²) in [5.74, 6) is -0.201. The fraction of sp³-hybridized carbons (Fsp3) is 0.480. The summed E-state index contributed by atoms with van der Waals surface area (Å²) < 4.78 is 0.885. The number of benzene rings is 1. The zero-order chi connectivity index (χ0) is 24.2.